The van der Waals surface area contributed by atoms with Crippen LogP contribution in [0.1, 0.15) is 72.8 Å². The number of halogens is 1. The van der Waals surface area contributed by atoms with Gasteiger partial charge in [0.1, 0.15) is 36.4 Å². The van der Waals surface area contributed by atoms with Crippen molar-refractivity contribution < 1.29 is 28.4 Å². The summed E-state index contributed by atoms with van der Waals surface area (Å²) in [4.78, 5) is 0. The minimum Gasteiger partial charge on any atom is -0.494 e. The molecule has 0 radical (unpaired) electrons. The van der Waals surface area contributed by atoms with Crippen LogP contribution in [0.2, 0.25) is 5.02 Å². The zero-order valence-corrected chi connectivity index (χ0v) is 28.5. The van der Waals surface area contributed by atoms with Crippen LogP contribution in [0.3, 0.4) is 0 Å². The highest BCUT2D eigenvalue weighted by molar-refractivity contribution is 6.33. The van der Waals surface area contributed by atoms with Crippen LogP contribution in [0.15, 0.2) is 91.0 Å². The summed E-state index contributed by atoms with van der Waals surface area (Å²) in [5.74, 6) is 1.60. The second kappa shape index (κ2) is 15.7. The largest absolute Gasteiger partial charge is 0.494 e. The highest BCUT2D eigenvalue weighted by Gasteiger charge is 2.47. The monoisotopic (exact) mass is 656 g/mol. The zero-order valence-electron chi connectivity index (χ0n) is 27.7. The predicted octanol–water partition coefficient (Wildman–Crippen LogP) is 9.07. The summed E-state index contributed by atoms with van der Waals surface area (Å²) in [6.45, 7) is 8.29. The first-order valence-electron chi connectivity index (χ1n) is 16.7. The lowest BCUT2D eigenvalue weighted by Gasteiger charge is -2.46. The number of fused-ring (bicyclic) bond motifs is 1. The molecule has 7 heteroatoms. The van der Waals surface area contributed by atoms with Crippen LogP contribution < -0.4 is 9.47 Å². The van der Waals surface area contributed by atoms with E-state index in [0.717, 1.165) is 45.6 Å². The smallest absolute Gasteiger partial charge is 0.144 e. The highest BCUT2D eigenvalue weighted by Crippen LogP contribution is 2.50. The van der Waals surface area contributed by atoms with Gasteiger partial charge in [0.15, 0.2) is 0 Å². The van der Waals surface area contributed by atoms with E-state index in [2.05, 4.69) is 56.3 Å². The van der Waals surface area contributed by atoms with Crippen molar-refractivity contribution in [3.8, 4) is 11.5 Å². The molecule has 1 fully saturated rings. The molecule has 0 spiro atoms. The maximum atomic E-state index is 7.12. The van der Waals surface area contributed by atoms with Crippen molar-refractivity contribution in [1.29, 1.82) is 0 Å². The molecule has 1 saturated heterocycles. The third-order valence-electron chi connectivity index (χ3n) is 9.31. The van der Waals surface area contributed by atoms with Crippen LogP contribution in [-0.4, -0.2) is 38.6 Å². The molecule has 248 valence electrons. The first-order valence-corrected chi connectivity index (χ1v) is 17.1. The van der Waals surface area contributed by atoms with Crippen molar-refractivity contribution in [2.24, 2.45) is 5.92 Å². The standard InChI is InChI=1S/C40H45ClO6/c1-5-33-26(3)37(44-23-28-13-9-7-10-14-28)40(45-24-29-15-11-8-12-16-29)38(47-33)32-22-30(21-27-17-19-31(20-18-27)43-6-2)36(41)39-35(32)34(42-4)25-46-39/h7-20,22,26,33-34,37-38,40H,5-6,21,23-25H2,1-4H3/t26-,33-,34?,37+,38?,40-/m1/s1. The van der Waals surface area contributed by atoms with Gasteiger partial charge in [-0.25, -0.2) is 0 Å². The van der Waals surface area contributed by atoms with E-state index >= 15 is 0 Å². The summed E-state index contributed by atoms with van der Waals surface area (Å²) in [5.41, 5.74) is 6.20. The molecule has 2 aliphatic heterocycles. The second-order valence-electron chi connectivity index (χ2n) is 12.4. The van der Waals surface area contributed by atoms with Gasteiger partial charge in [-0.05, 0) is 59.7 Å². The van der Waals surface area contributed by atoms with Crippen LogP contribution in [0.4, 0.5) is 0 Å². The Kier molecular flexibility index (Phi) is 11.2. The van der Waals surface area contributed by atoms with Gasteiger partial charge < -0.3 is 28.4 Å². The van der Waals surface area contributed by atoms with Crippen molar-refractivity contribution >= 4 is 11.6 Å². The fourth-order valence-corrected chi connectivity index (χ4v) is 7.11. The lowest BCUT2D eigenvalue weighted by Crippen LogP contribution is -2.52. The molecule has 6 rings (SSSR count). The SMILES string of the molecule is CCOc1ccc(Cc2cc(C3O[C@H](CC)[C@@H](C)[C@H](OCc4ccccc4)[C@H]3OCc3ccccc3)c3c(c2Cl)OCC3OC)cc1. The van der Waals surface area contributed by atoms with Crippen molar-refractivity contribution in [2.75, 3.05) is 20.3 Å². The van der Waals surface area contributed by atoms with E-state index in [0.29, 0.717) is 43.6 Å². The Morgan fingerprint density at radius 3 is 2.04 bits per heavy atom. The molecule has 47 heavy (non-hydrogen) atoms. The Morgan fingerprint density at radius 2 is 1.45 bits per heavy atom. The molecule has 0 amide bonds. The molecule has 0 saturated carbocycles. The quantitative estimate of drug-likeness (QED) is 0.143. The third kappa shape index (κ3) is 7.53. The van der Waals surface area contributed by atoms with Crippen molar-refractivity contribution in [1.82, 2.24) is 0 Å². The van der Waals surface area contributed by atoms with Gasteiger partial charge in [0.25, 0.3) is 0 Å². The van der Waals surface area contributed by atoms with E-state index in [9.17, 15) is 0 Å². The van der Waals surface area contributed by atoms with E-state index in [1.54, 1.807) is 7.11 Å². The number of hydrogen-bond acceptors (Lipinski definition) is 6. The van der Waals surface area contributed by atoms with E-state index in [4.69, 9.17) is 40.0 Å². The Hall–Kier alpha value is -3.39. The third-order valence-corrected chi connectivity index (χ3v) is 9.72. The maximum absolute atomic E-state index is 7.12. The fourth-order valence-electron chi connectivity index (χ4n) is 6.83. The lowest BCUT2D eigenvalue weighted by atomic mass is 9.82. The van der Waals surface area contributed by atoms with Crippen LogP contribution in [0.5, 0.6) is 11.5 Å². The van der Waals surface area contributed by atoms with E-state index in [1.807, 2.05) is 55.5 Å². The molecule has 6 atom stereocenters. The summed E-state index contributed by atoms with van der Waals surface area (Å²) in [5, 5.41) is 0.604. The van der Waals surface area contributed by atoms with Gasteiger partial charge >= 0.3 is 0 Å². The number of hydrogen-bond donors (Lipinski definition) is 0. The van der Waals surface area contributed by atoms with Crippen LogP contribution >= 0.6 is 11.6 Å². The Labute approximate surface area is 283 Å². The minimum atomic E-state index is -0.440. The number of ether oxygens (including phenoxy) is 6. The maximum Gasteiger partial charge on any atom is 0.144 e. The zero-order chi connectivity index (χ0) is 32.8. The van der Waals surface area contributed by atoms with Crippen molar-refractivity contribution in [3.63, 3.8) is 0 Å². The topological polar surface area (TPSA) is 55.4 Å². The van der Waals surface area contributed by atoms with Gasteiger partial charge in [0.2, 0.25) is 0 Å². The lowest BCUT2D eigenvalue weighted by molar-refractivity contribution is -0.235. The summed E-state index contributed by atoms with van der Waals surface area (Å²) >= 11 is 7.12. The number of rotatable bonds is 13. The first kappa shape index (κ1) is 33.5. The average molecular weight is 657 g/mol. The van der Waals surface area contributed by atoms with E-state index < -0.39 is 12.2 Å². The van der Waals surface area contributed by atoms with Crippen LogP contribution in [0, 0.1) is 5.92 Å². The molecule has 2 unspecified atom stereocenters. The van der Waals surface area contributed by atoms with E-state index in [-0.39, 0.29) is 24.2 Å². The van der Waals surface area contributed by atoms with Crippen LogP contribution in [0.25, 0.3) is 0 Å². The van der Waals surface area contributed by atoms with Gasteiger partial charge in [0, 0.05) is 18.6 Å². The molecule has 4 aromatic rings. The van der Waals surface area contributed by atoms with E-state index in [1.165, 1.54) is 0 Å². The molecule has 0 aliphatic carbocycles. The molecule has 6 nitrogen and oxygen atoms in total. The molecule has 2 aliphatic rings. The van der Waals surface area contributed by atoms with Gasteiger partial charge in [-0.2, -0.15) is 0 Å². The summed E-state index contributed by atoms with van der Waals surface area (Å²) in [7, 11) is 1.71. The highest BCUT2D eigenvalue weighted by atomic mass is 35.5. The molecule has 0 aromatic heterocycles. The predicted molar refractivity (Wildman–Crippen MR) is 184 cm³/mol. The summed E-state index contributed by atoms with van der Waals surface area (Å²) in [6, 6.07) is 30.9. The van der Waals surface area contributed by atoms with Crippen LogP contribution in [-0.2, 0) is 38.6 Å². The Balaban J connectivity index is 1.41. The number of methoxy groups -OCH3 is 1. The second-order valence-corrected chi connectivity index (χ2v) is 12.7. The van der Waals surface area contributed by atoms with Crippen molar-refractivity contribution in [2.45, 2.75) is 77.3 Å². The Bertz CT molecular complexity index is 1580. The molecule has 4 aromatic carbocycles. The molecular formula is C40H45ClO6. The van der Waals surface area contributed by atoms with Gasteiger partial charge in [-0.15, -0.1) is 0 Å². The fraction of sp³-hybridized carbons (Fsp3) is 0.400. The molecular weight excluding hydrogens is 612 g/mol. The number of benzene rings is 4. The van der Waals surface area contributed by atoms with Gasteiger partial charge in [0.05, 0.1) is 37.1 Å². The Morgan fingerprint density at radius 1 is 0.809 bits per heavy atom. The van der Waals surface area contributed by atoms with Gasteiger partial charge in [-0.1, -0.05) is 104 Å². The normalized spacial score (nSPS) is 23.7. The van der Waals surface area contributed by atoms with Crippen molar-refractivity contribution in [3.05, 3.63) is 129 Å². The summed E-state index contributed by atoms with van der Waals surface area (Å²) < 4.78 is 38.6. The molecule has 2 heterocycles. The van der Waals surface area contributed by atoms with Gasteiger partial charge in [-0.3, -0.25) is 0 Å². The molecule has 0 bridgehead atoms. The average Bonchev–Trinajstić information content (AvgIpc) is 3.55. The first-order chi connectivity index (χ1) is 23.0. The summed E-state index contributed by atoms with van der Waals surface area (Å²) in [6.07, 6.45) is 0.0688. The minimum absolute atomic E-state index is 0.0402. The molecule has 0 N–H and O–H groups in total.